The molecule has 0 saturated heterocycles. The number of amides is 1. The first kappa shape index (κ1) is 12.0. The lowest BCUT2D eigenvalue weighted by Crippen LogP contribution is -2.12. The summed E-state index contributed by atoms with van der Waals surface area (Å²) in [5, 5.41) is 2.69. The molecule has 5 nitrogen and oxygen atoms in total. The number of nitrogens with two attached hydrogens (primary N) is 1. The van der Waals surface area contributed by atoms with Gasteiger partial charge in [0.05, 0.1) is 12.8 Å². The molecule has 0 fully saturated rings. The summed E-state index contributed by atoms with van der Waals surface area (Å²) in [5.41, 5.74) is 6.72. The van der Waals surface area contributed by atoms with Crippen LogP contribution in [0.4, 0.5) is 11.4 Å². The van der Waals surface area contributed by atoms with Crippen molar-refractivity contribution >= 4 is 17.3 Å². The molecule has 2 aromatic rings. The maximum absolute atomic E-state index is 11.9. The molecule has 1 aromatic heterocycles. The number of carbonyl (C=O) groups is 1. The van der Waals surface area contributed by atoms with Crippen LogP contribution < -0.4 is 15.8 Å². The predicted molar refractivity (Wildman–Crippen MR) is 68.8 cm³/mol. The number of benzene rings is 1. The highest BCUT2D eigenvalue weighted by atomic mass is 16.5. The van der Waals surface area contributed by atoms with E-state index in [9.17, 15) is 4.79 Å². The standard InChI is InChI=1S/C13H14N2O3/c1-8-3-5-12(18-8)13(16)15-10-7-9(14)4-6-11(10)17-2/h3-7H,14H2,1-2H3,(H,15,16). The zero-order valence-corrected chi connectivity index (χ0v) is 10.2. The lowest BCUT2D eigenvalue weighted by Gasteiger charge is -2.09. The SMILES string of the molecule is COc1ccc(N)cc1NC(=O)c1ccc(C)o1. The summed E-state index contributed by atoms with van der Waals surface area (Å²) in [6.07, 6.45) is 0. The summed E-state index contributed by atoms with van der Waals surface area (Å²) in [7, 11) is 1.53. The molecule has 2 rings (SSSR count). The van der Waals surface area contributed by atoms with E-state index in [0.29, 0.717) is 22.9 Å². The molecule has 5 heteroatoms. The number of aryl methyl sites for hydroxylation is 1. The monoisotopic (exact) mass is 246 g/mol. The van der Waals surface area contributed by atoms with Crippen LogP contribution in [0.2, 0.25) is 0 Å². The zero-order chi connectivity index (χ0) is 13.1. The van der Waals surface area contributed by atoms with E-state index in [0.717, 1.165) is 0 Å². The lowest BCUT2D eigenvalue weighted by atomic mass is 10.2. The predicted octanol–water partition coefficient (Wildman–Crippen LogP) is 2.43. The summed E-state index contributed by atoms with van der Waals surface area (Å²) < 4.78 is 10.4. The van der Waals surface area contributed by atoms with Crippen LogP contribution in [-0.2, 0) is 0 Å². The smallest absolute Gasteiger partial charge is 0.291 e. The molecule has 0 spiro atoms. The van der Waals surface area contributed by atoms with E-state index in [1.165, 1.54) is 7.11 Å². The Labute approximate surface area is 105 Å². The van der Waals surface area contributed by atoms with E-state index >= 15 is 0 Å². The van der Waals surface area contributed by atoms with Crippen LogP contribution in [0.5, 0.6) is 5.75 Å². The van der Waals surface area contributed by atoms with E-state index in [1.807, 2.05) is 0 Å². The Bertz CT molecular complexity index is 575. The van der Waals surface area contributed by atoms with Crippen LogP contribution in [0.25, 0.3) is 0 Å². The molecular formula is C13H14N2O3. The molecule has 94 valence electrons. The number of anilines is 2. The van der Waals surface area contributed by atoms with Crippen molar-refractivity contribution in [2.24, 2.45) is 0 Å². The Hall–Kier alpha value is -2.43. The first-order valence-electron chi connectivity index (χ1n) is 5.41. The van der Waals surface area contributed by atoms with Gasteiger partial charge in [-0.25, -0.2) is 0 Å². The number of methoxy groups -OCH3 is 1. The highest BCUT2D eigenvalue weighted by Crippen LogP contribution is 2.27. The summed E-state index contributed by atoms with van der Waals surface area (Å²) in [6, 6.07) is 8.37. The second-order valence-electron chi connectivity index (χ2n) is 3.82. The molecule has 1 amide bonds. The van der Waals surface area contributed by atoms with E-state index in [2.05, 4.69) is 5.32 Å². The third-order valence-corrected chi connectivity index (χ3v) is 2.44. The third kappa shape index (κ3) is 2.45. The molecule has 0 aliphatic rings. The number of rotatable bonds is 3. The van der Waals surface area contributed by atoms with Gasteiger partial charge in [-0.2, -0.15) is 0 Å². The number of carbonyl (C=O) groups excluding carboxylic acids is 1. The number of nitrogen functional groups attached to an aromatic ring is 1. The number of nitrogens with one attached hydrogen (secondary N) is 1. The van der Waals surface area contributed by atoms with Gasteiger partial charge < -0.3 is 20.2 Å². The molecule has 18 heavy (non-hydrogen) atoms. The molecule has 3 N–H and O–H groups in total. The van der Waals surface area contributed by atoms with Gasteiger partial charge in [0.25, 0.3) is 5.91 Å². The summed E-state index contributed by atoms with van der Waals surface area (Å²) >= 11 is 0. The number of hydrogen-bond donors (Lipinski definition) is 2. The van der Waals surface area contributed by atoms with Crippen LogP contribution in [0.1, 0.15) is 16.3 Å². The normalized spacial score (nSPS) is 10.1. The first-order chi connectivity index (χ1) is 8.60. The average Bonchev–Trinajstić information content (AvgIpc) is 2.76. The van der Waals surface area contributed by atoms with Crippen molar-refractivity contribution in [1.29, 1.82) is 0 Å². The topological polar surface area (TPSA) is 77.5 Å². The van der Waals surface area contributed by atoms with Crippen LogP contribution >= 0.6 is 0 Å². The maximum atomic E-state index is 11.9. The zero-order valence-electron chi connectivity index (χ0n) is 10.2. The summed E-state index contributed by atoms with van der Waals surface area (Å²) in [6.45, 7) is 1.78. The van der Waals surface area contributed by atoms with Gasteiger partial charge in [0, 0.05) is 5.69 Å². The highest BCUT2D eigenvalue weighted by Gasteiger charge is 2.13. The van der Waals surface area contributed by atoms with Crippen LogP contribution in [0.15, 0.2) is 34.7 Å². The Morgan fingerprint density at radius 3 is 2.72 bits per heavy atom. The summed E-state index contributed by atoms with van der Waals surface area (Å²) in [4.78, 5) is 11.9. The van der Waals surface area contributed by atoms with Gasteiger partial charge in [-0.15, -0.1) is 0 Å². The largest absolute Gasteiger partial charge is 0.495 e. The van der Waals surface area contributed by atoms with Gasteiger partial charge >= 0.3 is 0 Å². The summed E-state index contributed by atoms with van der Waals surface area (Å²) in [5.74, 6) is 1.13. The minimum Gasteiger partial charge on any atom is -0.495 e. The Morgan fingerprint density at radius 1 is 1.33 bits per heavy atom. The third-order valence-electron chi connectivity index (χ3n) is 2.44. The Balaban J connectivity index is 2.23. The maximum Gasteiger partial charge on any atom is 0.291 e. The number of ether oxygens (including phenoxy) is 1. The Morgan fingerprint density at radius 2 is 2.11 bits per heavy atom. The fourth-order valence-corrected chi connectivity index (χ4v) is 1.56. The van der Waals surface area contributed by atoms with Gasteiger partial charge in [0.2, 0.25) is 0 Å². The van der Waals surface area contributed by atoms with Crippen LogP contribution in [0, 0.1) is 6.92 Å². The molecular weight excluding hydrogens is 232 g/mol. The second kappa shape index (κ2) is 4.83. The van der Waals surface area contributed by atoms with Crippen molar-refractivity contribution in [2.75, 3.05) is 18.2 Å². The van der Waals surface area contributed by atoms with Crippen molar-refractivity contribution in [3.63, 3.8) is 0 Å². The number of furan rings is 1. The van der Waals surface area contributed by atoms with Gasteiger partial charge in [-0.05, 0) is 37.3 Å². The van der Waals surface area contributed by atoms with Gasteiger partial charge in [-0.1, -0.05) is 0 Å². The quantitative estimate of drug-likeness (QED) is 0.815. The molecule has 0 radical (unpaired) electrons. The van der Waals surface area contributed by atoms with Crippen molar-refractivity contribution in [2.45, 2.75) is 6.92 Å². The van der Waals surface area contributed by atoms with E-state index in [1.54, 1.807) is 37.3 Å². The van der Waals surface area contributed by atoms with Crippen molar-refractivity contribution < 1.29 is 13.9 Å². The molecule has 0 unspecified atom stereocenters. The van der Waals surface area contributed by atoms with E-state index in [-0.39, 0.29) is 11.7 Å². The van der Waals surface area contributed by atoms with E-state index in [4.69, 9.17) is 14.9 Å². The minimum atomic E-state index is -0.341. The van der Waals surface area contributed by atoms with Gasteiger partial charge in [0.1, 0.15) is 11.5 Å². The molecule has 0 saturated carbocycles. The molecule has 0 aliphatic heterocycles. The van der Waals surface area contributed by atoms with Crippen molar-refractivity contribution in [1.82, 2.24) is 0 Å². The van der Waals surface area contributed by atoms with Crippen LogP contribution in [0.3, 0.4) is 0 Å². The molecule has 1 heterocycles. The fourth-order valence-electron chi connectivity index (χ4n) is 1.56. The molecule has 1 aromatic carbocycles. The minimum absolute atomic E-state index is 0.247. The first-order valence-corrected chi connectivity index (χ1v) is 5.41. The van der Waals surface area contributed by atoms with Gasteiger partial charge in [-0.3, -0.25) is 4.79 Å². The molecule has 0 bridgehead atoms. The van der Waals surface area contributed by atoms with Crippen LogP contribution in [-0.4, -0.2) is 13.0 Å². The Kier molecular flexibility index (Phi) is 3.23. The second-order valence-corrected chi connectivity index (χ2v) is 3.82. The van der Waals surface area contributed by atoms with E-state index < -0.39 is 0 Å². The molecule has 0 atom stereocenters. The fraction of sp³-hybridized carbons (Fsp3) is 0.154. The average molecular weight is 246 g/mol. The van der Waals surface area contributed by atoms with Gasteiger partial charge in [0.15, 0.2) is 5.76 Å². The van der Waals surface area contributed by atoms with Crippen molar-refractivity contribution in [3.8, 4) is 5.75 Å². The highest BCUT2D eigenvalue weighted by molar-refractivity contribution is 6.03. The molecule has 0 aliphatic carbocycles. The van der Waals surface area contributed by atoms with Crippen molar-refractivity contribution in [3.05, 3.63) is 41.9 Å². The lowest BCUT2D eigenvalue weighted by molar-refractivity contribution is 0.0995. The number of hydrogen-bond acceptors (Lipinski definition) is 4.